The van der Waals surface area contributed by atoms with Crippen LogP contribution in [0, 0.1) is 11.8 Å². The van der Waals surface area contributed by atoms with Crippen LogP contribution in [0.15, 0.2) is 36.7 Å². The van der Waals surface area contributed by atoms with Crippen LogP contribution in [0.3, 0.4) is 0 Å². The minimum atomic E-state index is -0.601. The van der Waals surface area contributed by atoms with Crippen molar-refractivity contribution in [2.24, 2.45) is 11.8 Å². The first kappa shape index (κ1) is 16.9. The highest BCUT2D eigenvalue weighted by molar-refractivity contribution is 5.93. The Hall–Kier alpha value is -2.21. The van der Waals surface area contributed by atoms with Crippen molar-refractivity contribution in [3.63, 3.8) is 0 Å². The van der Waals surface area contributed by atoms with Crippen molar-refractivity contribution < 1.29 is 14.3 Å². The molecule has 6 nitrogen and oxygen atoms in total. The van der Waals surface area contributed by atoms with Crippen molar-refractivity contribution in [2.45, 2.75) is 37.4 Å². The molecule has 3 fully saturated rings. The number of carbonyl (C=O) groups excluding carboxylic acids is 2. The molecule has 1 aromatic heterocycles. The quantitative estimate of drug-likeness (QED) is 0.755. The summed E-state index contributed by atoms with van der Waals surface area (Å²) in [6.45, 7) is 2.82. The molecule has 2 amide bonds. The molecule has 0 aliphatic carbocycles. The van der Waals surface area contributed by atoms with Gasteiger partial charge in [-0.1, -0.05) is 12.2 Å². The van der Waals surface area contributed by atoms with Gasteiger partial charge in [0.2, 0.25) is 11.8 Å². The van der Waals surface area contributed by atoms with Crippen LogP contribution >= 0.6 is 0 Å². The molecule has 0 radical (unpaired) electrons. The number of aromatic nitrogens is 1. The van der Waals surface area contributed by atoms with Crippen molar-refractivity contribution in [3.8, 4) is 0 Å². The van der Waals surface area contributed by atoms with Crippen molar-refractivity contribution in [3.05, 3.63) is 42.2 Å². The summed E-state index contributed by atoms with van der Waals surface area (Å²) in [4.78, 5) is 34.3. The zero-order valence-electron chi connectivity index (χ0n) is 15.4. The normalized spacial score (nSPS) is 34.4. The number of rotatable bonds is 4. The fourth-order valence-electron chi connectivity index (χ4n) is 5.19. The van der Waals surface area contributed by atoms with E-state index in [9.17, 15) is 9.59 Å². The van der Waals surface area contributed by atoms with Crippen LogP contribution in [0.4, 0.5) is 0 Å². The van der Waals surface area contributed by atoms with Gasteiger partial charge >= 0.3 is 0 Å². The van der Waals surface area contributed by atoms with Crippen molar-refractivity contribution in [1.29, 1.82) is 0 Å². The van der Waals surface area contributed by atoms with Gasteiger partial charge in [0.1, 0.15) is 5.60 Å². The molecular weight excluding hydrogens is 342 g/mol. The van der Waals surface area contributed by atoms with E-state index in [1.807, 2.05) is 34.1 Å². The van der Waals surface area contributed by atoms with Gasteiger partial charge < -0.3 is 14.5 Å². The van der Waals surface area contributed by atoms with E-state index in [1.165, 1.54) is 6.42 Å². The van der Waals surface area contributed by atoms with Gasteiger partial charge in [-0.25, -0.2) is 0 Å². The molecule has 1 spiro atoms. The Kier molecular flexibility index (Phi) is 4.04. The summed E-state index contributed by atoms with van der Waals surface area (Å²) in [5.74, 6) is -0.530. The molecule has 0 aromatic carbocycles. The highest BCUT2D eigenvalue weighted by Crippen LogP contribution is 2.52. The van der Waals surface area contributed by atoms with Gasteiger partial charge in [-0.15, -0.1) is 0 Å². The van der Waals surface area contributed by atoms with E-state index in [2.05, 4.69) is 4.98 Å². The van der Waals surface area contributed by atoms with Gasteiger partial charge in [0.05, 0.1) is 24.5 Å². The summed E-state index contributed by atoms with van der Waals surface area (Å²) in [6, 6.07) is 3.95. The molecule has 6 heteroatoms. The standard InChI is InChI=1S/C21H25N3O3/c25-19(23-11-2-1-3-12-23)17-16-4-8-21(27-16)14-24(20(26)18(17)21)13-7-15-5-9-22-10-6-15/h4-6,8-10,16-18H,1-3,7,11-14H2/t16-,17-,18-,21-/m0/s1. The molecule has 0 saturated carbocycles. The van der Waals surface area contributed by atoms with Crippen molar-refractivity contribution in [2.75, 3.05) is 26.2 Å². The fourth-order valence-corrected chi connectivity index (χ4v) is 5.19. The lowest BCUT2D eigenvalue weighted by Crippen LogP contribution is -2.47. The number of nitrogens with zero attached hydrogens (tertiary/aromatic N) is 3. The minimum Gasteiger partial charge on any atom is -0.360 e. The lowest BCUT2D eigenvalue weighted by atomic mass is 9.76. The van der Waals surface area contributed by atoms with Crippen LogP contribution in [0.5, 0.6) is 0 Å². The van der Waals surface area contributed by atoms with E-state index >= 15 is 0 Å². The van der Waals surface area contributed by atoms with Gasteiger partial charge in [0.25, 0.3) is 0 Å². The molecular formula is C21H25N3O3. The summed E-state index contributed by atoms with van der Waals surface area (Å²) in [6.07, 6.45) is 11.4. The number of fused-ring (bicyclic) bond motifs is 1. The van der Waals surface area contributed by atoms with Crippen LogP contribution in [0.2, 0.25) is 0 Å². The van der Waals surface area contributed by atoms with E-state index in [-0.39, 0.29) is 29.8 Å². The maximum Gasteiger partial charge on any atom is 0.230 e. The summed E-state index contributed by atoms with van der Waals surface area (Å²) >= 11 is 0. The molecule has 5 rings (SSSR count). The number of hydrogen-bond acceptors (Lipinski definition) is 4. The van der Waals surface area contributed by atoms with E-state index in [1.54, 1.807) is 12.4 Å². The highest BCUT2D eigenvalue weighted by atomic mass is 16.5. The van der Waals surface area contributed by atoms with Crippen LogP contribution in [0.25, 0.3) is 0 Å². The molecule has 142 valence electrons. The van der Waals surface area contributed by atoms with Crippen molar-refractivity contribution in [1.82, 2.24) is 14.8 Å². The summed E-state index contributed by atoms with van der Waals surface area (Å²) in [7, 11) is 0. The van der Waals surface area contributed by atoms with Gasteiger partial charge in [-0.3, -0.25) is 14.6 Å². The maximum atomic E-state index is 13.2. The third-order valence-corrected chi connectivity index (χ3v) is 6.55. The average molecular weight is 367 g/mol. The number of pyridine rings is 1. The number of likely N-dealkylation sites (tertiary alicyclic amines) is 2. The van der Waals surface area contributed by atoms with Crippen LogP contribution in [-0.4, -0.2) is 64.5 Å². The molecule has 5 heterocycles. The molecule has 4 aliphatic rings. The van der Waals surface area contributed by atoms with E-state index in [0.717, 1.165) is 37.9 Å². The molecule has 4 aliphatic heterocycles. The molecule has 2 bridgehead atoms. The van der Waals surface area contributed by atoms with E-state index < -0.39 is 5.60 Å². The summed E-state index contributed by atoms with van der Waals surface area (Å²) < 4.78 is 6.23. The average Bonchev–Trinajstić information content (AvgIpc) is 3.35. The van der Waals surface area contributed by atoms with Gasteiger partial charge in [0.15, 0.2) is 0 Å². The highest BCUT2D eigenvalue weighted by Gasteiger charge is 2.67. The number of hydrogen-bond donors (Lipinski definition) is 0. The van der Waals surface area contributed by atoms with Gasteiger partial charge in [-0.05, 0) is 43.4 Å². The Balaban J connectivity index is 1.33. The maximum absolute atomic E-state index is 13.2. The predicted octanol–water partition coefficient (Wildman–Crippen LogP) is 1.42. The minimum absolute atomic E-state index is 0.0752. The molecule has 3 saturated heterocycles. The first-order valence-corrected chi connectivity index (χ1v) is 10.0. The Morgan fingerprint density at radius 3 is 2.78 bits per heavy atom. The van der Waals surface area contributed by atoms with Gasteiger partial charge in [-0.2, -0.15) is 0 Å². The summed E-state index contributed by atoms with van der Waals surface area (Å²) in [5.41, 5.74) is 0.560. The Morgan fingerprint density at radius 2 is 2.00 bits per heavy atom. The Labute approximate surface area is 159 Å². The number of ether oxygens (including phenoxy) is 1. The molecule has 0 N–H and O–H groups in total. The first-order chi connectivity index (χ1) is 13.2. The number of amides is 2. The second-order valence-corrected chi connectivity index (χ2v) is 8.15. The topological polar surface area (TPSA) is 62.7 Å². The monoisotopic (exact) mass is 367 g/mol. The van der Waals surface area contributed by atoms with Crippen molar-refractivity contribution >= 4 is 11.8 Å². The van der Waals surface area contributed by atoms with Crippen LogP contribution < -0.4 is 0 Å². The van der Waals surface area contributed by atoms with Gasteiger partial charge in [0, 0.05) is 32.0 Å². The first-order valence-electron chi connectivity index (χ1n) is 10.0. The number of carbonyl (C=O) groups is 2. The number of piperidine rings is 1. The predicted molar refractivity (Wildman–Crippen MR) is 98.7 cm³/mol. The molecule has 0 unspecified atom stereocenters. The molecule has 27 heavy (non-hydrogen) atoms. The Morgan fingerprint density at radius 1 is 1.22 bits per heavy atom. The second-order valence-electron chi connectivity index (χ2n) is 8.15. The largest absolute Gasteiger partial charge is 0.360 e. The third kappa shape index (κ3) is 2.69. The Bertz CT molecular complexity index is 774. The van der Waals surface area contributed by atoms with Crippen LogP contribution in [0.1, 0.15) is 24.8 Å². The van der Waals surface area contributed by atoms with E-state index in [0.29, 0.717) is 13.1 Å². The lowest BCUT2D eigenvalue weighted by molar-refractivity contribution is -0.143. The smallest absolute Gasteiger partial charge is 0.230 e. The van der Waals surface area contributed by atoms with E-state index in [4.69, 9.17) is 4.74 Å². The van der Waals surface area contributed by atoms with Crippen LogP contribution in [-0.2, 0) is 20.7 Å². The zero-order valence-corrected chi connectivity index (χ0v) is 15.4. The third-order valence-electron chi connectivity index (χ3n) is 6.55. The molecule has 1 aromatic rings. The SMILES string of the molecule is O=C([C@H]1[C@@H]2C=C[C@@]3(CN(CCc4ccncc4)C(=O)[C@H]13)O2)N1CCCCC1. The fraction of sp³-hybridized carbons (Fsp3) is 0.571. The zero-order chi connectivity index (χ0) is 18.4. The summed E-state index contributed by atoms with van der Waals surface area (Å²) in [5, 5.41) is 0. The molecule has 4 atom stereocenters. The second kappa shape index (κ2) is 6.44. The lowest BCUT2D eigenvalue weighted by Gasteiger charge is -2.32.